The molecule has 268 valence electrons. The first-order chi connectivity index (χ1) is 26.9. The van der Waals surface area contributed by atoms with E-state index in [0.717, 1.165) is 45.0 Å². The van der Waals surface area contributed by atoms with Crippen LogP contribution in [0.15, 0.2) is 158 Å². The van der Waals surface area contributed by atoms with Gasteiger partial charge in [0.05, 0.1) is 22.9 Å². The van der Waals surface area contributed by atoms with Crippen molar-refractivity contribution in [3.05, 3.63) is 180 Å². The third-order valence-electron chi connectivity index (χ3n) is 11.0. The van der Waals surface area contributed by atoms with Crippen LogP contribution < -0.4 is 4.74 Å². The Kier molecular flexibility index (Phi) is 8.63. The summed E-state index contributed by atoms with van der Waals surface area (Å²) in [5.74, 6) is 2.78. The molecule has 3 heterocycles. The van der Waals surface area contributed by atoms with Gasteiger partial charge < -0.3 is 4.74 Å². The van der Waals surface area contributed by atoms with Crippen molar-refractivity contribution in [2.75, 3.05) is 0 Å². The van der Waals surface area contributed by atoms with Crippen molar-refractivity contribution in [3.63, 3.8) is 0 Å². The highest BCUT2D eigenvalue weighted by atomic mass is 16.5. The molecule has 0 fully saturated rings. The van der Waals surface area contributed by atoms with Crippen molar-refractivity contribution in [1.29, 1.82) is 0 Å². The van der Waals surface area contributed by atoms with Crippen molar-refractivity contribution >= 4 is 21.8 Å². The molecule has 0 aliphatic rings. The third-order valence-corrected chi connectivity index (χ3v) is 11.0. The van der Waals surface area contributed by atoms with Crippen molar-refractivity contribution in [2.24, 2.45) is 0 Å². The highest BCUT2D eigenvalue weighted by Gasteiger charge is 2.23. The molecule has 5 nitrogen and oxygen atoms in total. The SMILES string of the molecule is Cc1c(C)c(-c2ccccc2)c(-c2cnn(-c3cccc(Oc4ccc5c6ccccc6n(-c6cc(C(C)C)ccn6)c5c4)c3)c2)c(-c2ccccc2)c1C. The van der Waals surface area contributed by atoms with Gasteiger partial charge in [0.25, 0.3) is 0 Å². The van der Waals surface area contributed by atoms with E-state index in [1.54, 1.807) is 0 Å². The van der Waals surface area contributed by atoms with E-state index in [4.69, 9.17) is 14.8 Å². The molecule has 0 unspecified atom stereocenters. The molecule has 9 aromatic rings. The number of para-hydroxylation sites is 1. The molecule has 0 aliphatic carbocycles. The number of ether oxygens (including phenoxy) is 1. The van der Waals surface area contributed by atoms with Crippen LogP contribution >= 0.6 is 0 Å². The summed E-state index contributed by atoms with van der Waals surface area (Å²) < 4.78 is 10.8. The standard InChI is InChI=1S/C50H42N4O/c1-32(2)38-25-26-51-47(27-38)54-45-22-13-12-21-43(45)44-24-23-42(29-46(44)54)55-41-20-14-19-40(28-41)53-31-39(30-52-53)50-48(36-15-8-6-9-16-36)34(4)33(3)35(5)49(50)37-17-10-7-11-18-37/h6-32H,1-5H3. The fourth-order valence-electron chi connectivity index (χ4n) is 7.97. The van der Waals surface area contributed by atoms with Crippen LogP contribution in [0.3, 0.4) is 0 Å². The van der Waals surface area contributed by atoms with Gasteiger partial charge in [0.2, 0.25) is 0 Å². The molecular formula is C50H42N4O. The molecule has 0 bridgehead atoms. The van der Waals surface area contributed by atoms with E-state index in [9.17, 15) is 0 Å². The van der Waals surface area contributed by atoms with Crippen molar-refractivity contribution in [3.8, 4) is 56.4 Å². The fraction of sp³-hybridized carbons (Fsp3) is 0.120. The van der Waals surface area contributed by atoms with Crippen LogP contribution in [0.25, 0.3) is 66.7 Å². The molecule has 0 N–H and O–H groups in total. The molecular weight excluding hydrogens is 673 g/mol. The molecule has 0 saturated heterocycles. The number of pyridine rings is 1. The molecule has 0 spiro atoms. The second kappa shape index (κ2) is 13.9. The summed E-state index contributed by atoms with van der Waals surface area (Å²) >= 11 is 0. The van der Waals surface area contributed by atoms with Crippen molar-refractivity contribution in [2.45, 2.75) is 40.5 Å². The molecule has 0 saturated carbocycles. The van der Waals surface area contributed by atoms with E-state index >= 15 is 0 Å². The normalized spacial score (nSPS) is 11.5. The monoisotopic (exact) mass is 714 g/mol. The summed E-state index contributed by atoms with van der Waals surface area (Å²) in [6.07, 6.45) is 6.04. The van der Waals surface area contributed by atoms with E-state index in [1.165, 1.54) is 55.5 Å². The fourth-order valence-corrected chi connectivity index (χ4v) is 7.97. The first-order valence-electron chi connectivity index (χ1n) is 18.9. The summed E-state index contributed by atoms with van der Waals surface area (Å²) in [5.41, 5.74) is 15.3. The predicted octanol–water partition coefficient (Wildman–Crippen LogP) is 13.2. The van der Waals surface area contributed by atoms with E-state index < -0.39 is 0 Å². The zero-order valence-corrected chi connectivity index (χ0v) is 31.8. The van der Waals surface area contributed by atoms with Gasteiger partial charge in [0.15, 0.2) is 0 Å². The minimum absolute atomic E-state index is 0.397. The van der Waals surface area contributed by atoms with Gasteiger partial charge in [-0.2, -0.15) is 5.10 Å². The number of benzene rings is 6. The van der Waals surface area contributed by atoms with E-state index in [1.807, 2.05) is 41.3 Å². The summed E-state index contributed by atoms with van der Waals surface area (Å²) in [6.45, 7) is 11.1. The number of aromatic nitrogens is 4. The van der Waals surface area contributed by atoms with Gasteiger partial charge >= 0.3 is 0 Å². The summed E-state index contributed by atoms with van der Waals surface area (Å²) in [5, 5.41) is 7.28. The number of rotatable bonds is 8. The molecule has 6 aromatic carbocycles. The first-order valence-corrected chi connectivity index (χ1v) is 18.9. The number of fused-ring (bicyclic) bond motifs is 3. The highest BCUT2D eigenvalue weighted by molar-refractivity contribution is 6.09. The number of hydrogen-bond donors (Lipinski definition) is 0. The lowest BCUT2D eigenvalue weighted by Gasteiger charge is -2.23. The molecule has 0 aliphatic heterocycles. The molecule has 0 radical (unpaired) electrons. The number of hydrogen-bond acceptors (Lipinski definition) is 3. The van der Waals surface area contributed by atoms with Gasteiger partial charge in [-0.05, 0) is 114 Å². The molecule has 0 atom stereocenters. The van der Waals surface area contributed by atoms with E-state index in [0.29, 0.717) is 5.92 Å². The first kappa shape index (κ1) is 34.1. The van der Waals surface area contributed by atoms with Crippen LogP contribution in [-0.2, 0) is 0 Å². The largest absolute Gasteiger partial charge is 0.457 e. The Labute approximate surface area is 322 Å². The molecule has 0 amide bonds. The van der Waals surface area contributed by atoms with Gasteiger partial charge in [0.1, 0.15) is 17.3 Å². The quantitative estimate of drug-likeness (QED) is 0.157. The van der Waals surface area contributed by atoms with Crippen molar-refractivity contribution < 1.29 is 4.74 Å². The Morgan fingerprint density at radius 2 is 1.20 bits per heavy atom. The zero-order valence-electron chi connectivity index (χ0n) is 31.8. The van der Waals surface area contributed by atoms with Crippen LogP contribution in [0.5, 0.6) is 11.5 Å². The third kappa shape index (κ3) is 6.08. The van der Waals surface area contributed by atoms with Crippen molar-refractivity contribution in [1.82, 2.24) is 19.3 Å². The average Bonchev–Trinajstić information content (AvgIpc) is 3.84. The van der Waals surface area contributed by atoms with E-state index in [2.05, 4.69) is 161 Å². The lowest BCUT2D eigenvalue weighted by atomic mass is 9.81. The Balaban J connectivity index is 1.11. The summed E-state index contributed by atoms with van der Waals surface area (Å²) in [7, 11) is 0. The Morgan fingerprint density at radius 3 is 1.91 bits per heavy atom. The van der Waals surface area contributed by atoms with Crippen LogP contribution in [0.2, 0.25) is 0 Å². The van der Waals surface area contributed by atoms with Gasteiger partial charge in [-0.15, -0.1) is 0 Å². The van der Waals surface area contributed by atoms with Crippen LogP contribution in [-0.4, -0.2) is 19.3 Å². The highest BCUT2D eigenvalue weighted by Crippen LogP contribution is 2.46. The summed E-state index contributed by atoms with van der Waals surface area (Å²) in [4.78, 5) is 4.82. The second-order valence-electron chi connectivity index (χ2n) is 14.6. The van der Waals surface area contributed by atoms with Gasteiger partial charge in [-0.1, -0.05) is 98.8 Å². The number of nitrogens with zero attached hydrogens (tertiary/aromatic N) is 4. The van der Waals surface area contributed by atoms with Gasteiger partial charge in [-0.3, -0.25) is 4.57 Å². The molecule has 55 heavy (non-hydrogen) atoms. The Bertz CT molecular complexity index is 2780. The molecule has 9 rings (SSSR count). The lowest BCUT2D eigenvalue weighted by Crippen LogP contribution is -2.00. The maximum absolute atomic E-state index is 6.61. The maximum atomic E-state index is 6.61. The molecule has 5 heteroatoms. The van der Waals surface area contributed by atoms with Gasteiger partial charge in [0, 0.05) is 46.4 Å². The Hall–Kier alpha value is -6.72. The minimum atomic E-state index is 0.397. The molecule has 3 aromatic heterocycles. The maximum Gasteiger partial charge on any atom is 0.137 e. The van der Waals surface area contributed by atoms with Crippen LogP contribution in [0.4, 0.5) is 0 Å². The van der Waals surface area contributed by atoms with Crippen LogP contribution in [0.1, 0.15) is 42.0 Å². The smallest absolute Gasteiger partial charge is 0.137 e. The zero-order chi connectivity index (χ0) is 37.6. The van der Waals surface area contributed by atoms with E-state index in [-0.39, 0.29) is 0 Å². The average molecular weight is 715 g/mol. The predicted molar refractivity (Wildman–Crippen MR) is 227 cm³/mol. The second-order valence-corrected chi connectivity index (χ2v) is 14.6. The lowest BCUT2D eigenvalue weighted by molar-refractivity contribution is 0.483. The Morgan fingerprint density at radius 1 is 0.545 bits per heavy atom. The minimum Gasteiger partial charge on any atom is -0.457 e. The summed E-state index contributed by atoms with van der Waals surface area (Å²) in [6, 6.07) is 48.7. The van der Waals surface area contributed by atoms with Gasteiger partial charge in [-0.25, -0.2) is 9.67 Å². The topological polar surface area (TPSA) is 44.9 Å². The van der Waals surface area contributed by atoms with Crippen LogP contribution in [0, 0.1) is 20.8 Å².